The SMILES string of the molecule is COCCNS(=O)(=O)c1cccc(CN=C(N)N2CCSCC2)c1. The molecule has 9 heteroatoms. The lowest BCUT2D eigenvalue weighted by Gasteiger charge is -2.27. The van der Waals surface area contributed by atoms with Crippen molar-refractivity contribution >= 4 is 27.7 Å². The molecule has 0 aromatic heterocycles. The van der Waals surface area contributed by atoms with Crippen molar-refractivity contribution in [3.05, 3.63) is 29.8 Å². The molecule has 0 radical (unpaired) electrons. The number of ether oxygens (including phenoxy) is 1. The molecule has 134 valence electrons. The molecule has 1 aromatic rings. The Morgan fingerprint density at radius 2 is 2.17 bits per heavy atom. The van der Waals surface area contributed by atoms with Gasteiger partial charge in [0.2, 0.25) is 10.0 Å². The summed E-state index contributed by atoms with van der Waals surface area (Å²) < 4.78 is 31.8. The van der Waals surface area contributed by atoms with Crippen LogP contribution in [0.5, 0.6) is 0 Å². The Labute approximate surface area is 147 Å². The van der Waals surface area contributed by atoms with Crippen LogP contribution in [0.25, 0.3) is 0 Å². The van der Waals surface area contributed by atoms with Crippen molar-refractivity contribution in [2.45, 2.75) is 11.4 Å². The van der Waals surface area contributed by atoms with E-state index >= 15 is 0 Å². The molecule has 1 heterocycles. The summed E-state index contributed by atoms with van der Waals surface area (Å²) in [4.78, 5) is 6.67. The van der Waals surface area contributed by atoms with Crippen LogP contribution >= 0.6 is 11.8 Å². The van der Waals surface area contributed by atoms with E-state index in [0.29, 0.717) is 19.1 Å². The fourth-order valence-electron chi connectivity index (χ4n) is 2.24. The minimum atomic E-state index is -3.54. The smallest absolute Gasteiger partial charge is 0.240 e. The molecular formula is C15H24N4O3S2. The van der Waals surface area contributed by atoms with Crippen LogP contribution in [0.3, 0.4) is 0 Å². The Hall–Kier alpha value is -1.29. The number of thioether (sulfide) groups is 1. The molecule has 0 saturated carbocycles. The molecule has 7 nitrogen and oxygen atoms in total. The number of aliphatic imine (C=N–C) groups is 1. The first-order valence-corrected chi connectivity index (χ1v) is 10.4. The monoisotopic (exact) mass is 372 g/mol. The summed E-state index contributed by atoms with van der Waals surface area (Å²) in [7, 11) is -2.01. The number of hydrogen-bond donors (Lipinski definition) is 2. The third kappa shape index (κ3) is 5.66. The Morgan fingerprint density at radius 3 is 2.88 bits per heavy atom. The van der Waals surface area contributed by atoms with Gasteiger partial charge in [-0.1, -0.05) is 12.1 Å². The van der Waals surface area contributed by atoms with Crippen molar-refractivity contribution in [2.75, 3.05) is 44.9 Å². The van der Waals surface area contributed by atoms with Crippen molar-refractivity contribution < 1.29 is 13.2 Å². The fourth-order valence-corrected chi connectivity index (χ4v) is 4.22. The highest BCUT2D eigenvalue weighted by molar-refractivity contribution is 7.99. The maximum absolute atomic E-state index is 12.2. The summed E-state index contributed by atoms with van der Waals surface area (Å²) in [5.41, 5.74) is 6.83. The summed E-state index contributed by atoms with van der Waals surface area (Å²) >= 11 is 1.91. The molecule has 1 saturated heterocycles. The Balaban J connectivity index is 2.01. The van der Waals surface area contributed by atoms with Crippen molar-refractivity contribution in [3.8, 4) is 0 Å². The van der Waals surface area contributed by atoms with E-state index in [4.69, 9.17) is 10.5 Å². The van der Waals surface area contributed by atoms with E-state index in [1.54, 1.807) is 18.2 Å². The van der Waals surface area contributed by atoms with E-state index in [1.165, 1.54) is 7.11 Å². The van der Waals surface area contributed by atoms with E-state index in [1.807, 2.05) is 17.8 Å². The molecule has 0 amide bonds. The van der Waals surface area contributed by atoms with Crippen LogP contribution in [0, 0.1) is 0 Å². The van der Waals surface area contributed by atoms with Crippen molar-refractivity contribution in [2.24, 2.45) is 10.7 Å². The van der Waals surface area contributed by atoms with E-state index in [0.717, 1.165) is 30.2 Å². The van der Waals surface area contributed by atoms with Crippen LogP contribution in [0.4, 0.5) is 0 Å². The van der Waals surface area contributed by atoms with Crippen LogP contribution in [-0.4, -0.2) is 64.1 Å². The van der Waals surface area contributed by atoms with Crippen molar-refractivity contribution in [3.63, 3.8) is 0 Å². The van der Waals surface area contributed by atoms with Gasteiger partial charge >= 0.3 is 0 Å². The zero-order chi connectivity index (χ0) is 17.4. The molecule has 2 rings (SSSR count). The molecule has 0 bridgehead atoms. The molecule has 24 heavy (non-hydrogen) atoms. The molecule has 0 spiro atoms. The standard InChI is InChI=1S/C15H24N4O3S2/c1-22-8-5-18-24(20,21)14-4-2-3-13(11-14)12-17-15(16)19-6-9-23-10-7-19/h2-4,11,18H,5-10,12H2,1H3,(H2,16,17). The average molecular weight is 373 g/mol. The number of nitrogens with one attached hydrogen (secondary N) is 1. The average Bonchev–Trinajstić information content (AvgIpc) is 2.61. The second kappa shape index (κ2) is 9.26. The molecular weight excluding hydrogens is 348 g/mol. The number of methoxy groups -OCH3 is 1. The highest BCUT2D eigenvalue weighted by atomic mass is 32.2. The van der Waals surface area contributed by atoms with Gasteiger partial charge in [0.1, 0.15) is 0 Å². The number of sulfonamides is 1. The zero-order valence-corrected chi connectivity index (χ0v) is 15.4. The fraction of sp³-hybridized carbons (Fsp3) is 0.533. The second-order valence-electron chi connectivity index (χ2n) is 5.31. The quantitative estimate of drug-likeness (QED) is 0.410. The van der Waals surface area contributed by atoms with Gasteiger partial charge in [-0.2, -0.15) is 11.8 Å². The summed E-state index contributed by atoms with van der Waals surface area (Å²) in [6.45, 7) is 2.72. The summed E-state index contributed by atoms with van der Waals surface area (Å²) in [6.07, 6.45) is 0. The largest absolute Gasteiger partial charge is 0.383 e. The van der Waals surface area contributed by atoms with Gasteiger partial charge in [-0.25, -0.2) is 18.1 Å². The van der Waals surface area contributed by atoms with Gasteiger partial charge in [-0.05, 0) is 17.7 Å². The lowest BCUT2D eigenvalue weighted by molar-refractivity contribution is 0.204. The minimum Gasteiger partial charge on any atom is -0.383 e. The lowest BCUT2D eigenvalue weighted by atomic mass is 10.2. The predicted molar refractivity (Wildman–Crippen MR) is 97.7 cm³/mol. The highest BCUT2D eigenvalue weighted by Crippen LogP contribution is 2.13. The van der Waals surface area contributed by atoms with E-state index in [9.17, 15) is 8.42 Å². The van der Waals surface area contributed by atoms with Crippen molar-refractivity contribution in [1.29, 1.82) is 0 Å². The van der Waals surface area contributed by atoms with Gasteiger partial charge in [-0.3, -0.25) is 0 Å². The molecule has 3 N–H and O–H groups in total. The topological polar surface area (TPSA) is 97.0 Å². The number of guanidine groups is 1. The predicted octanol–water partition coefficient (Wildman–Crippen LogP) is 0.475. The molecule has 1 aliphatic rings. The molecule has 0 atom stereocenters. The molecule has 1 aliphatic heterocycles. The van der Waals surface area contributed by atoms with Gasteiger partial charge in [0.15, 0.2) is 5.96 Å². The van der Waals surface area contributed by atoms with E-state index in [-0.39, 0.29) is 11.4 Å². The van der Waals surface area contributed by atoms with Gasteiger partial charge in [-0.15, -0.1) is 0 Å². The normalized spacial score (nSPS) is 16.4. The Kier molecular flexibility index (Phi) is 7.35. The number of benzene rings is 1. The van der Waals surface area contributed by atoms with Crippen molar-refractivity contribution in [1.82, 2.24) is 9.62 Å². The lowest BCUT2D eigenvalue weighted by Crippen LogP contribution is -2.42. The highest BCUT2D eigenvalue weighted by Gasteiger charge is 2.14. The van der Waals surface area contributed by atoms with E-state index in [2.05, 4.69) is 14.6 Å². The van der Waals surface area contributed by atoms with Gasteiger partial charge in [0, 0.05) is 38.2 Å². The number of nitrogens with two attached hydrogens (primary N) is 1. The third-order valence-electron chi connectivity index (χ3n) is 3.57. The maximum atomic E-state index is 12.2. The summed E-state index contributed by atoms with van der Waals surface area (Å²) in [6, 6.07) is 6.74. The first kappa shape index (κ1) is 19.0. The van der Waals surface area contributed by atoms with E-state index < -0.39 is 10.0 Å². The summed E-state index contributed by atoms with van der Waals surface area (Å²) in [5.74, 6) is 2.62. The number of rotatable bonds is 7. The van der Waals surface area contributed by atoms with Gasteiger partial charge in [0.25, 0.3) is 0 Å². The summed E-state index contributed by atoms with van der Waals surface area (Å²) in [5, 5.41) is 0. The maximum Gasteiger partial charge on any atom is 0.240 e. The molecule has 0 aliphatic carbocycles. The van der Waals surface area contributed by atoms with Crippen LogP contribution in [0.1, 0.15) is 5.56 Å². The molecule has 0 unspecified atom stereocenters. The first-order chi connectivity index (χ1) is 11.5. The van der Waals surface area contributed by atoms with Crippen LogP contribution < -0.4 is 10.5 Å². The number of hydrogen-bond acceptors (Lipinski definition) is 5. The minimum absolute atomic E-state index is 0.222. The number of nitrogens with zero attached hydrogens (tertiary/aromatic N) is 2. The van der Waals surface area contributed by atoms with Gasteiger partial charge < -0.3 is 15.4 Å². The third-order valence-corrected chi connectivity index (χ3v) is 5.97. The first-order valence-electron chi connectivity index (χ1n) is 7.73. The zero-order valence-electron chi connectivity index (χ0n) is 13.8. The second-order valence-corrected chi connectivity index (χ2v) is 8.30. The van der Waals surface area contributed by atoms with Crippen LogP contribution in [0.15, 0.2) is 34.2 Å². The Morgan fingerprint density at radius 1 is 1.42 bits per heavy atom. The van der Waals surface area contributed by atoms with Gasteiger partial charge in [0.05, 0.1) is 18.0 Å². The van der Waals surface area contributed by atoms with Crippen LogP contribution in [-0.2, 0) is 21.3 Å². The molecule has 1 fully saturated rings. The Bertz CT molecular complexity index is 658. The molecule has 1 aromatic carbocycles. The van der Waals surface area contributed by atoms with Crippen LogP contribution in [0.2, 0.25) is 0 Å².